The van der Waals surface area contributed by atoms with E-state index >= 15 is 0 Å². The van der Waals surface area contributed by atoms with E-state index in [1.165, 1.54) is 18.3 Å². The second-order valence-corrected chi connectivity index (χ2v) is 9.60. The zero-order chi connectivity index (χ0) is 23.0. The molecule has 2 N–H and O–H groups in total. The first-order valence-corrected chi connectivity index (χ1v) is 11.8. The van der Waals surface area contributed by atoms with Gasteiger partial charge in [0, 0.05) is 42.7 Å². The molecule has 1 aliphatic carbocycles. The van der Waals surface area contributed by atoms with Crippen LogP contribution in [0.5, 0.6) is 0 Å². The highest BCUT2D eigenvalue weighted by Crippen LogP contribution is 2.40. The van der Waals surface area contributed by atoms with Gasteiger partial charge in [-0.3, -0.25) is 9.78 Å². The van der Waals surface area contributed by atoms with Gasteiger partial charge < -0.3 is 15.5 Å². The average molecular weight is 459 g/mol. The van der Waals surface area contributed by atoms with Crippen LogP contribution in [0.4, 0.5) is 18.9 Å². The number of alkyl halides is 1. The number of benzene rings is 1. The van der Waals surface area contributed by atoms with E-state index in [1.54, 1.807) is 6.20 Å². The Hall–Kier alpha value is -2.61. The molecule has 5 rings (SSSR count). The van der Waals surface area contributed by atoms with Gasteiger partial charge in [-0.25, -0.2) is 13.2 Å². The number of anilines is 1. The molecule has 33 heavy (non-hydrogen) atoms. The van der Waals surface area contributed by atoms with Crippen molar-refractivity contribution in [3.05, 3.63) is 47.8 Å². The smallest absolute Gasteiger partial charge is 0.255 e. The van der Waals surface area contributed by atoms with Crippen molar-refractivity contribution in [2.45, 2.75) is 62.7 Å². The van der Waals surface area contributed by atoms with Crippen LogP contribution in [0.2, 0.25) is 0 Å². The van der Waals surface area contributed by atoms with E-state index in [4.69, 9.17) is 0 Å². The van der Waals surface area contributed by atoms with E-state index in [2.05, 4.69) is 20.5 Å². The molecule has 3 fully saturated rings. The van der Waals surface area contributed by atoms with Crippen LogP contribution >= 0.6 is 0 Å². The summed E-state index contributed by atoms with van der Waals surface area (Å²) in [6, 6.07) is 2.80. The van der Waals surface area contributed by atoms with Gasteiger partial charge in [0.05, 0.1) is 17.3 Å². The van der Waals surface area contributed by atoms with Gasteiger partial charge in [0.15, 0.2) is 0 Å². The topological polar surface area (TPSA) is 57.3 Å². The molecule has 1 spiro atoms. The molecule has 5 nitrogen and oxygen atoms in total. The van der Waals surface area contributed by atoms with Gasteiger partial charge in [0.25, 0.3) is 5.91 Å². The van der Waals surface area contributed by atoms with Crippen molar-refractivity contribution in [3.8, 4) is 11.1 Å². The molecule has 0 radical (unpaired) electrons. The number of nitrogens with zero attached hydrogens (tertiary/aromatic N) is 2. The lowest BCUT2D eigenvalue weighted by Gasteiger charge is -2.30. The Kier molecular flexibility index (Phi) is 6.03. The van der Waals surface area contributed by atoms with Gasteiger partial charge in [-0.15, -0.1) is 0 Å². The molecule has 1 aromatic heterocycles. The number of pyridine rings is 1. The maximum absolute atomic E-state index is 14.4. The van der Waals surface area contributed by atoms with Crippen molar-refractivity contribution < 1.29 is 18.0 Å². The maximum atomic E-state index is 14.4. The van der Waals surface area contributed by atoms with E-state index in [1.807, 2.05) is 0 Å². The summed E-state index contributed by atoms with van der Waals surface area (Å²) in [4.78, 5) is 19.7. The van der Waals surface area contributed by atoms with Crippen LogP contribution in [-0.2, 0) is 0 Å². The number of nitrogens with one attached hydrogen (secondary N) is 2. The van der Waals surface area contributed by atoms with E-state index in [9.17, 15) is 18.0 Å². The second-order valence-electron chi connectivity index (χ2n) is 9.60. The minimum Gasteiger partial charge on any atom is -0.368 e. The number of halogens is 3. The minimum atomic E-state index is -1.07. The number of rotatable bonds is 4. The lowest BCUT2D eigenvalue weighted by atomic mass is 9.93. The van der Waals surface area contributed by atoms with Crippen LogP contribution in [-0.4, -0.2) is 48.3 Å². The normalized spacial score (nSPS) is 27.3. The van der Waals surface area contributed by atoms with E-state index in [-0.39, 0.29) is 5.54 Å². The number of amides is 1. The van der Waals surface area contributed by atoms with Crippen LogP contribution in [0.15, 0.2) is 30.6 Å². The molecular weight excluding hydrogens is 429 g/mol. The van der Waals surface area contributed by atoms with Crippen LogP contribution in [0.1, 0.15) is 55.3 Å². The third-order valence-corrected chi connectivity index (χ3v) is 7.34. The Balaban J connectivity index is 1.54. The van der Waals surface area contributed by atoms with Crippen molar-refractivity contribution >= 4 is 11.6 Å². The lowest BCUT2D eigenvalue weighted by molar-refractivity contribution is 0.0884. The first-order chi connectivity index (χ1) is 15.9. The third kappa shape index (κ3) is 4.45. The molecule has 3 aliphatic rings. The fourth-order valence-electron chi connectivity index (χ4n) is 5.66. The van der Waals surface area contributed by atoms with Crippen LogP contribution in [0, 0.1) is 11.6 Å². The van der Waals surface area contributed by atoms with E-state index in [0.717, 1.165) is 44.7 Å². The molecule has 0 bridgehead atoms. The van der Waals surface area contributed by atoms with Gasteiger partial charge in [0.2, 0.25) is 0 Å². The number of hydrogen-bond acceptors (Lipinski definition) is 4. The Morgan fingerprint density at radius 2 is 1.88 bits per heavy atom. The third-order valence-electron chi connectivity index (χ3n) is 7.34. The molecule has 1 unspecified atom stereocenters. The van der Waals surface area contributed by atoms with E-state index in [0.29, 0.717) is 48.3 Å². The van der Waals surface area contributed by atoms with Gasteiger partial charge in [-0.1, -0.05) is 12.8 Å². The molecule has 1 saturated carbocycles. The second kappa shape index (κ2) is 8.97. The van der Waals surface area contributed by atoms with Crippen LogP contribution < -0.4 is 15.5 Å². The molecule has 2 aliphatic heterocycles. The molecule has 2 aromatic rings. The molecule has 1 aromatic carbocycles. The minimum absolute atomic E-state index is 0.0190. The molecule has 2 saturated heterocycles. The zero-order valence-corrected chi connectivity index (χ0v) is 18.5. The Labute approximate surface area is 191 Å². The SMILES string of the molecule is O=C(N[C@@H]1CCCC[C@@H]1F)c1cncc(-c2cc(F)cc(F)c2)c1N1CCC2(CCCN2)C1. The average Bonchev–Trinajstić information content (AvgIpc) is 3.43. The van der Waals surface area contributed by atoms with Gasteiger partial charge in [-0.05, 0) is 56.3 Å². The first-order valence-electron chi connectivity index (χ1n) is 11.8. The number of carbonyl (C=O) groups is 1. The summed E-state index contributed by atoms with van der Waals surface area (Å²) in [5, 5.41) is 6.47. The zero-order valence-electron chi connectivity index (χ0n) is 18.5. The molecule has 8 heteroatoms. The largest absolute Gasteiger partial charge is 0.368 e. The van der Waals surface area contributed by atoms with Crippen LogP contribution in [0.25, 0.3) is 11.1 Å². The predicted octanol–water partition coefficient (Wildman–Crippen LogP) is 4.37. The highest BCUT2D eigenvalue weighted by atomic mass is 19.1. The van der Waals surface area contributed by atoms with Crippen LogP contribution in [0.3, 0.4) is 0 Å². The quantitative estimate of drug-likeness (QED) is 0.715. The van der Waals surface area contributed by atoms with Gasteiger partial charge in [-0.2, -0.15) is 0 Å². The molecule has 3 atom stereocenters. The van der Waals surface area contributed by atoms with Gasteiger partial charge >= 0.3 is 0 Å². The Bertz CT molecular complexity index is 1020. The molecule has 3 heterocycles. The fourth-order valence-corrected chi connectivity index (χ4v) is 5.66. The summed E-state index contributed by atoms with van der Waals surface area (Å²) in [5.74, 6) is -1.78. The number of carbonyl (C=O) groups excluding carboxylic acids is 1. The summed E-state index contributed by atoms with van der Waals surface area (Å²) in [6.07, 6.45) is 7.76. The highest BCUT2D eigenvalue weighted by Gasteiger charge is 2.41. The van der Waals surface area contributed by atoms with E-state index < -0.39 is 29.8 Å². The standard InChI is InChI=1S/C25H29F3N4O/c26-17-10-16(11-18(27)12-17)19-13-29-14-20(24(33)31-22-5-2-1-4-21(22)28)23(19)32-9-7-25(15-32)6-3-8-30-25/h10-14,21-22,30H,1-9,15H2,(H,31,33)/t21-,22+,25?/m0/s1. The summed E-state index contributed by atoms with van der Waals surface area (Å²) in [6.45, 7) is 2.35. The first kappa shape index (κ1) is 22.2. The monoisotopic (exact) mass is 458 g/mol. The number of hydrogen-bond donors (Lipinski definition) is 2. The summed E-state index contributed by atoms with van der Waals surface area (Å²) >= 11 is 0. The van der Waals surface area contributed by atoms with Crippen molar-refractivity contribution in [3.63, 3.8) is 0 Å². The lowest BCUT2D eigenvalue weighted by Crippen LogP contribution is -2.44. The highest BCUT2D eigenvalue weighted by molar-refractivity contribution is 6.03. The Morgan fingerprint density at radius 3 is 2.61 bits per heavy atom. The summed E-state index contributed by atoms with van der Waals surface area (Å²) < 4.78 is 42.6. The molecule has 176 valence electrons. The summed E-state index contributed by atoms with van der Waals surface area (Å²) in [5.41, 5.74) is 1.71. The van der Waals surface area contributed by atoms with Crippen molar-refractivity contribution in [2.24, 2.45) is 0 Å². The summed E-state index contributed by atoms with van der Waals surface area (Å²) in [7, 11) is 0. The van der Waals surface area contributed by atoms with Crippen molar-refractivity contribution in [1.82, 2.24) is 15.6 Å². The predicted molar refractivity (Wildman–Crippen MR) is 121 cm³/mol. The molecular formula is C25H29F3N4O. The fraction of sp³-hybridized carbons (Fsp3) is 0.520. The van der Waals surface area contributed by atoms with Gasteiger partial charge in [0.1, 0.15) is 17.8 Å². The molecule has 1 amide bonds. The Morgan fingerprint density at radius 1 is 1.09 bits per heavy atom. The van der Waals surface area contributed by atoms with Crippen molar-refractivity contribution in [2.75, 3.05) is 24.5 Å². The maximum Gasteiger partial charge on any atom is 0.255 e. The number of aromatic nitrogens is 1. The van der Waals surface area contributed by atoms with Crippen molar-refractivity contribution in [1.29, 1.82) is 0 Å².